The third-order valence-corrected chi connectivity index (χ3v) is 1.56. The number of halogens is 3. The van der Waals surface area contributed by atoms with E-state index in [9.17, 15) is 18.0 Å². The zero-order chi connectivity index (χ0) is 11.4. The van der Waals surface area contributed by atoms with Gasteiger partial charge in [-0.15, -0.1) is 0 Å². The standard InChI is InChI=1S/C8H14F3NO2/c1-4-12(6(2)3)7(13)14-5-8(9,10)11/h6H,4-5H2,1-3H3. The summed E-state index contributed by atoms with van der Waals surface area (Å²) in [5.41, 5.74) is 0. The van der Waals surface area contributed by atoms with Crippen molar-refractivity contribution in [3.05, 3.63) is 0 Å². The smallest absolute Gasteiger partial charge is 0.422 e. The molecule has 0 radical (unpaired) electrons. The Morgan fingerprint density at radius 3 is 2.21 bits per heavy atom. The van der Waals surface area contributed by atoms with Crippen molar-refractivity contribution in [3.8, 4) is 0 Å². The molecular formula is C8H14F3NO2. The van der Waals surface area contributed by atoms with Crippen LogP contribution in [0.2, 0.25) is 0 Å². The van der Waals surface area contributed by atoms with Crippen LogP contribution in [0.15, 0.2) is 0 Å². The van der Waals surface area contributed by atoms with Crippen molar-refractivity contribution in [1.29, 1.82) is 0 Å². The number of nitrogens with zero attached hydrogens (tertiary/aromatic N) is 1. The number of carbonyl (C=O) groups excluding carboxylic acids is 1. The third kappa shape index (κ3) is 4.94. The SMILES string of the molecule is CCN(C(=O)OCC(F)(F)F)C(C)C. The Morgan fingerprint density at radius 2 is 1.93 bits per heavy atom. The molecule has 0 aromatic carbocycles. The van der Waals surface area contributed by atoms with E-state index in [4.69, 9.17) is 0 Å². The molecule has 0 saturated carbocycles. The number of rotatable bonds is 3. The van der Waals surface area contributed by atoms with Crippen LogP contribution in [0.1, 0.15) is 20.8 Å². The van der Waals surface area contributed by atoms with Crippen molar-refractivity contribution in [2.24, 2.45) is 0 Å². The first kappa shape index (κ1) is 13.1. The second-order valence-corrected chi connectivity index (χ2v) is 3.05. The van der Waals surface area contributed by atoms with E-state index in [-0.39, 0.29) is 6.04 Å². The van der Waals surface area contributed by atoms with Crippen LogP contribution in [0.25, 0.3) is 0 Å². The second-order valence-electron chi connectivity index (χ2n) is 3.05. The minimum atomic E-state index is -4.47. The molecule has 0 fully saturated rings. The topological polar surface area (TPSA) is 29.5 Å². The summed E-state index contributed by atoms with van der Waals surface area (Å²) < 4.78 is 39.1. The lowest BCUT2D eigenvalue weighted by Gasteiger charge is -2.24. The monoisotopic (exact) mass is 213 g/mol. The van der Waals surface area contributed by atoms with Crippen molar-refractivity contribution in [1.82, 2.24) is 4.90 Å². The summed E-state index contributed by atoms with van der Waals surface area (Å²) in [5.74, 6) is 0. The maximum Gasteiger partial charge on any atom is 0.422 e. The summed E-state index contributed by atoms with van der Waals surface area (Å²) in [4.78, 5) is 12.3. The number of carbonyl (C=O) groups is 1. The highest BCUT2D eigenvalue weighted by molar-refractivity contribution is 5.67. The molecule has 1 amide bonds. The van der Waals surface area contributed by atoms with Crippen LogP contribution >= 0.6 is 0 Å². The first-order chi connectivity index (χ1) is 6.28. The molecule has 0 aromatic rings. The van der Waals surface area contributed by atoms with Gasteiger partial charge in [0.1, 0.15) is 0 Å². The molecule has 0 atom stereocenters. The Balaban J connectivity index is 4.06. The van der Waals surface area contributed by atoms with Crippen LogP contribution in [0.5, 0.6) is 0 Å². The van der Waals surface area contributed by atoms with E-state index >= 15 is 0 Å². The third-order valence-electron chi connectivity index (χ3n) is 1.56. The Hall–Kier alpha value is -0.940. The molecule has 0 aromatic heterocycles. The van der Waals surface area contributed by atoms with Gasteiger partial charge in [0.05, 0.1) is 0 Å². The Bertz CT molecular complexity index is 192. The van der Waals surface area contributed by atoms with Crippen molar-refractivity contribution in [2.75, 3.05) is 13.2 Å². The number of ether oxygens (including phenoxy) is 1. The summed E-state index contributed by atoms with van der Waals surface area (Å²) in [6.07, 6.45) is -5.40. The van der Waals surface area contributed by atoms with Gasteiger partial charge in [-0.2, -0.15) is 13.2 Å². The first-order valence-corrected chi connectivity index (χ1v) is 4.28. The van der Waals surface area contributed by atoms with Crippen molar-refractivity contribution >= 4 is 6.09 Å². The molecule has 0 rings (SSSR count). The van der Waals surface area contributed by atoms with E-state index in [1.165, 1.54) is 4.90 Å². The van der Waals surface area contributed by atoms with Gasteiger partial charge in [0.15, 0.2) is 6.61 Å². The molecular weight excluding hydrogens is 199 g/mol. The summed E-state index contributed by atoms with van der Waals surface area (Å²) in [6, 6.07) is -0.166. The lowest BCUT2D eigenvalue weighted by Crippen LogP contribution is -2.38. The molecule has 0 heterocycles. The largest absolute Gasteiger partial charge is 0.440 e. The lowest BCUT2D eigenvalue weighted by atomic mass is 10.3. The van der Waals surface area contributed by atoms with Gasteiger partial charge < -0.3 is 9.64 Å². The predicted octanol–water partition coefficient (Wildman–Crippen LogP) is 2.42. The molecule has 0 spiro atoms. The van der Waals surface area contributed by atoms with Crippen molar-refractivity contribution in [3.63, 3.8) is 0 Å². The second kappa shape index (κ2) is 5.07. The fourth-order valence-electron chi connectivity index (χ4n) is 0.932. The minimum absolute atomic E-state index is 0.166. The van der Waals surface area contributed by atoms with Crippen LogP contribution < -0.4 is 0 Å². The zero-order valence-corrected chi connectivity index (χ0v) is 8.39. The van der Waals surface area contributed by atoms with E-state index in [1.807, 2.05) is 0 Å². The first-order valence-electron chi connectivity index (χ1n) is 4.28. The van der Waals surface area contributed by atoms with E-state index in [0.717, 1.165) is 0 Å². The fourth-order valence-corrected chi connectivity index (χ4v) is 0.932. The van der Waals surface area contributed by atoms with Gasteiger partial charge in [0.25, 0.3) is 0 Å². The number of amides is 1. The molecule has 0 bridgehead atoms. The molecule has 0 aliphatic rings. The van der Waals surface area contributed by atoms with Crippen LogP contribution in [-0.4, -0.2) is 36.4 Å². The van der Waals surface area contributed by atoms with Gasteiger partial charge >= 0.3 is 12.3 Å². The molecule has 0 N–H and O–H groups in total. The van der Waals surface area contributed by atoms with Crippen LogP contribution in [-0.2, 0) is 4.74 Å². The minimum Gasteiger partial charge on any atom is -0.440 e. The van der Waals surface area contributed by atoms with Gasteiger partial charge in [-0.1, -0.05) is 0 Å². The van der Waals surface area contributed by atoms with Gasteiger partial charge in [-0.25, -0.2) is 4.79 Å². The van der Waals surface area contributed by atoms with Gasteiger partial charge in [-0.3, -0.25) is 0 Å². The number of hydrogen-bond acceptors (Lipinski definition) is 2. The van der Waals surface area contributed by atoms with Crippen LogP contribution in [0.4, 0.5) is 18.0 Å². The summed E-state index contributed by atoms with van der Waals surface area (Å²) >= 11 is 0. The van der Waals surface area contributed by atoms with E-state index < -0.39 is 18.9 Å². The number of hydrogen-bond donors (Lipinski definition) is 0. The Kier molecular flexibility index (Phi) is 4.73. The molecule has 0 saturated heterocycles. The molecule has 0 aliphatic heterocycles. The van der Waals surface area contributed by atoms with Crippen LogP contribution in [0, 0.1) is 0 Å². The maximum atomic E-state index is 11.7. The van der Waals surface area contributed by atoms with Gasteiger partial charge in [0, 0.05) is 12.6 Å². The predicted molar refractivity (Wildman–Crippen MR) is 44.9 cm³/mol. The van der Waals surface area contributed by atoms with E-state index in [0.29, 0.717) is 6.54 Å². The summed E-state index contributed by atoms with van der Waals surface area (Å²) in [6.45, 7) is 3.88. The number of alkyl halides is 3. The highest BCUT2D eigenvalue weighted by Gasteiger charge is 2.30. The van der Waals surface area contributed by atoms with Crippen molar-refractivity contribution < 1.29 is 22.7 Å². The summed E-state index contributed by atoms with van der Waals surface area (Å²) in [7, 11) is 0. The Labute approximate surface area is 80.8 Å². The molecule has 14 heavy (non-hydrogen) atoms. The maximum absolute atomic E-state index is 11.7. The normalized spacial score (nSPS) is 11.6. The van der Waals surface area contributed by atoms with Gasteiger partial charge in [-0.05, 0) is 20.8 Å². The molecule has 0 aliphatic carbocycles. The molecule has 3 nitrogen and oxygen atoms in total. The summed E-state index contributed by atoms with van der Waals surface area (Å²) in [5, 5.41) is 0. The average Bonchev–Trinajstić information content (AvgIpc) is 2.00. The fraction of sp³-hybridized carbons (Fsp3) is 0.875. The quantitative estimate of drug-likeness (QED) is 0.720. The zero-order valence-electron chi connectivity index (χ0n) is 8.39. The molecule has 6 heteroatoms. The molecule has 84 valence electrons. The van der Waals surface area contributed by atoms with Gasteiger partial charge in [0.2, 0.25) is 0 Å². The Morgan fingerprint density at radius 1 is 1.43 bits per heavy atom. The average molecular weight is 213 g/mol. The van der Waals surface area contributed by atoms with E-state index in [1.54, 1.807) is 20.8 Å². The highest BCUT2D eigenvalue weighted by Crippen LogP contribution is 2.15. The molecule has 0 unspecified atom stereocenters. The van der Waals surface area contributed by atoms with E-state index in [2.05, 4.69) is 4.74 Å². The van der Waals surface area contributed by atoms with Crippen LogP contribution in [0.3, 0.4) is 0 Å². The highest BCUT2D eigenvalue weighted by atomic mass is 19.4. The van der Waals surface area contributed by atoms with Crippen molar-refractivity contribution in [2.45, 2.75) is 33.0 Å². The lowest BCUT2D eigenvalue weighted by molar-refractivity contribution is -0.162.